The lowest BCUT2D eigenvalue weighted by Gasteiger charge is -2.14. The van der Waals surface area contributed by atoms with Crippen molar-refractivity contribution in [3.8, 4) is 0 Å². The fourth-order valence-corrected chi connectivity index (χ4v) is 1.94. The standard InChI is InChI=1S/C12H19BrN2O2/c1-4-10(16)6-14-12(17)11-5-9(13)7-15(11)8(2)3/h5,7-8,10,16H,4,6H2,1-3H3,(H,14,17). The molecule has 0 bridgehead atoms. The van der Waals surface area contributed by atoms with Crippen LogP contribution in [0.15, 0.2) is 16.7 Å². The molecule has 1 heterocycles. The number of halogens is 1. The van der Waals surface area contributed by atoms with Gasteiger partial charge in [-0.2, -0.15) is 0 Å². The van der Waals surface area contributed by atoms with Crippen LogP contribution < -0.4 is 5.32 Å². The minimum atomic E-state index is -0.482. The molecule has 5 heteroatoms. The van der Waals surface area contributed by atoms with E-state index in [1.54, 1.807) is 6.07 Å². The van der Waals surface area contributed by atoms with E-state index < -0.39 is 6.10 Å². The molecule has 1 atom stereocenters. The first kappa shape index (κ1) is 14.3. The van der Waals surface area contributed by atoms with Crippen LogP contribution in [0.5, 0.6) is 0 Å². The van der Waals surface area contributed by atoms with Gasteiger partial charge in [0.2, 0.25) is 0 Å². The van der Waals surface area contributed by atoms with Crippen molar-refractivity contribution in [1.29, 1.82) is 0 Å². The number of rotatable bonds is 5. The summed E-state index contributed by atoms with van der Waals surface area (Å²) in [6.45, 7) is 6.20. The van der Waals surface area contributed by atoms with Crippen molar-refractivity contribution in [2.45, 2.75) is 39.3 Å². The van der Waals surface area contributed by atoms with Crippen LogP contribution in [0.1, 0.15) is 43.7 Å². The van der Waals surface area contributed by atoms with E-state index in [1.165, 1.54) is 0 Å². The van der Waals surface area contributed by atoms with Crippen molar-refractivity contribution < 1.29 is 9.90 Å². The average Bonchev–Trinajstić information content (AvgIpc) is 2.67. The lowest BCUT2D eigenvalue weighted by Crippen LogP contribution is -2.33. The zero-order valence-electron chi connectivity index (χ0n) is 10.4. The Balaban J connectivity index is 2.74. The van der Waals surface area contributed by atoms with Crippen molar-refractivity contribution in [3.05, 3.63) is 22.4 Å². The molecule has 1 unspecified atom stereocenters. The van der Waals surface area contributed by atoms with Crippen molar-refractivity contribution in [2.75, 3.05) is 6.54 Å². The number of aliphatic hydroxyl groups excluding tert-OH is 1. The third-order valence-corrected chi connectivity index (χ3v) is 3.01. The van der Waals surface area contributed by atoms with Crippen LogP contribution in [0.3, 0.4) is 0 Å². The highest BCUT2D eigenvalue weighted by molar-refractivity contribution is 9.10. The SMILES string of the molecule is CCC(O)CNC(=O)c1cc(Br)cn1C(C)C. The molecule has 0 aliphatic rings. The van der Waals surface area contributed by atoms with Gasteiger partial charge >= 0.3 is 0 Å². The fraction of sp³-hybridized carbons (Fsp3) is 0.583. The maximum atomic E-state index is 11.9. The molecule has 4 nitrogen and oxygen atoms in total. The second-order valence-corrected chi connectivity index (χ2v) is 5.23. The topological polar surface area (TPSA) is 54.3 Å². The van der Waals surface area contributed by atoms with Crippen molar-refractivity contribution in [2.24, 2.45) is 0 Å². The van der Waals surface area contributed by atoms with Crippen LogP contribution in [-0.2, 0) is 0 Å². The Morgan fingerprint density at radius 3 is 2.76 bits per heavy atom. The Hall–Kier alpha value is -0.810. The van der Waals surface area contributed by atoms with E-state index in [0.29, 0.717) is 12.1 Å². The third kappa shape index (κ3) is 3.85. The number of aromatic nitrogens is 1. The Kier molecular flexibility index (Phi) is 5.21. The summed E-state index contributed by atoms with van der Waals surface area (Å²) in [6.07, 6.45) is 2.04. The zero-order valence-corrected chi connectivity index (χ0v) is 12.0. The minimum absolute atomic E-state index is 0.156. The number of hydrogen-bond donors (Lipinski definition) is 2. The molecule has 17 heavy (non-hydrogen) atoms. The lowest BCUT2D eigenvalue weighted by molar-refractivity contribution is 0.0903. The molecule has 0 saturated heterocycles. The fourth-order valence-electron chi connectivity index (χ4n) is 1.50. The third-order valence-electron chi connectivity index (χ3n) is 2.57. The molecule has 0 fully saturated rings. The predicted molar refractivity (Wildman–Crippen MR) is 71.1 cm³/mol. The molecule has 0 aliphatic carbocycles. The Morgan fingerprint density at radius 1 is 1.59 bits per heavy atom. The van der Waals surface area contributed by atoms with Crippen LogP contribution >= 0.6 is 15.9 Å². The molecular weight excluding hydrogens is 284 g/mol. The van der Waals surface area contributed by atoms with E-state index in [-0.39, 0.29) is 18.5 Å². The highest BCUT2D eigenvalue weighted by atomic mass is 79.9. The van der Waals surface area contributed by atoms with Crippen LogP contribution in [0, 0.1) is 0 Å². The maximum absolute atomic E-state index is 11.9. The van der Waals surface area contributed by atoms with E-state index in [4.69, 9.17) is 0 Å². The summed E-state index contributed by atoms with van der Waals surface area (Å²) in [4.78, 5) is 11.9. The monoisotopic (exact) mass is 302 g/mol. The van der Waals surface area contributed by atoms with Crippen LogP contribution in [0.2, 0.25) is 0 Å². The molecule has 96 valence electrons. The maximum Gasteiger partial charge on any atom is 0.268 e. The first-order valence-electron chi connectivity index (χ1n) is 5.79. The Bertz CT molecular complexity index is 388. The van der Waals surface area contributed by atoms with Crippen LogP contribution in [0.25, 0.3) is 0 Å². The Labute approximate surface area is 110 Å². The quantitative estimate of drug-likeness (QED) is 0.877. The van der Waals surface area contributed by atoms with Gasteiger partial charge in [-0.05, 0) is 42.3 Å². The first-order valence-corrected chi connectivity index (χ1v) is 6.58. The summed E-state index contributed by atoms with van der Waals surface area (Å²) < 4.78 is 2.78. The molecule has 1 rings (SSSR count). The van der Waals surface area contributed by atoms with Gasteiger partial charge in [-0.25, -0.2) is 0 Å². The first-order chi connectivity index (χ1) is 7.95. The number of amides is 1. The Morgan fingerprint density at radius 2 is 2.24 bits per heavy atom. The normalized spacial score (nSPS) is 12.8. The van der Waals surface area contributed by atoms with E-state index in [2.05, 4.69) is 21.2 Å². The molecule has 0 saturated carbocycles. The highest BCUT2D eigenvalue weighted by Gasteiger charge is 2.15. The molecule has 1 aromatic rings. The molecule has 0 radical (unpaired) electrons. The second-order valence-electron chi connectivity index (χ2n) is 4.32. The van der Waals surface area contributed by atoms with Crippen LogP contribution in [0.4, 0.5) is 0 Å². The largest absolute Gasteiger partial charge is 0.391 e. The smallest absolute Gasteiger partial charge is 0.268 e. The number of carbonyl (C=O) groups is 1. The molecular formula is C12H19BrN2O2. The molecule has 0 aliphatic heterocycles. The molecule has 1 aromatic heterocycles. The molecule has 1 amide bonds. The number of carbonyl (C=O) groups excluding carboxylic acids is 1. The average molecular weight is 303 g/mol. The number of aliphatic hydroxyl groups is 1. The van der Waals surface area contributed by atoms with Gasteiger partial charge < -0.3 is 15.0 Å². The van der Waals surface area contributed by atoms with Gasteiger partial charge in [0.25, 0.3) is 5.91 Å². The molecule has 2 N–H and O–H groups in total. The lowest BCUT2D eigenvalue weighted by atomic mass is 10.2. The van der Waals surface area contributed by atoms with Gasteiger partial charge in [0.05, 0.1) is 6.10 Å². The summed E-state index contributed by atoms with van der Waals surface area (Å²) in [5, 5.41) is 12.1. The van der Waals surface area contributed by atoms with Gasteiger partial charge in [0.1, 0.15) is 5.69 Å². The number of nitrogens with one attached hydrogen (secondary N) is 1. The van der Waals surface area contributed by atoms with Gasteiger partial charge in [-0.15, -0.1) is 0 Å². The summed E-state index contributed by atoms with van der Waals surface area (Å²) in [6, 6.07) is 2.01. The zero-order chi connectivity index (χ0) is 13.0. The van der Waals surface area contributed by atoms with Gasteiger partial charge in [-0.1, -0.05) is 6.92 Å². The van der Waals surface area contributed by atoms with Crippen molar-refractivity contribution in [3.63, 3.8) is 0 Å². The van der Waals surface area contributed by atoms with E-state index in [1.807, 2.05) is 31.5 Å². The van der Waals surface area contributed by atoms with Crippen LogP contribution in [-0.4, -0.2) is 28.2 Å². The highest BCUT2D eigenvalue weighted by Crippen LogP contribution is 2.19. The minimum Gasteiger partial charge on any atom is -0.391 e. The molecule has 0 spiro atoms. The summed E-state index contributed by atoms with van der Waals surface area (Å²) >= 11 is 3.36. The molecule has 0 aromatic carbocycles. The van der Waals surface area contributed by atoms with Gasteiger partial charge in [0.15, 0.2) is 0 Å². The summed E-state index contributed by atoms with van der Waals surface area (Å²) in [5.74, 6) is -0.156. The summed E-state index contributed by atoms with van der Waals surface area (Å²) in [7, 11) is 0. The van der Waals surface area contributed by atoms with E-state index in [9.17, 15) is 9.90 Å². The van der Waals surface area contributed by atoms with Crippen molar-refractivity contribution >= 4 is 21.8 Å². The van der Waals surface area contributed by atoms with Gasteiger partial charge in [-0.3, -0.25) is 4.79 Å². The summed E-state index contributed by atoms with van der Waals surface area (Å²) in [5.41, 5.74) is 0.607. The van der Waals surface area contributed by atoms with E-state index >= 15 is 0 Å². The number of nitrogens with zero attached hydrogens (tertiary/aromatic N) is 1. The van der Waals surface area contributed by atoms with E-state index in [0.717, 1.165) is 4.47 Å². The second kappa shape index (κ2) is 6.21. The number of hydrogen-bond acceptors (Lipinski definition) is 2. The van der Waals surface area contributed by atoms with Crippen molar-refractivity contribution in [1.82, 2.24) is 9.88 Å². The van der Waals surface area contributed by atoms with Gasteiger partial charge in [0, 0.05) is 23.3 Å². The predicted octanol–water partition coefficient (Wildman–Crippen LogP) is 2.33.